The number of halogens is 2. The van der Waals surface area contributed by atoms with Crippen molar-refractivity contribution in [2.24, 2.45) is 5.84 Å². The zero-order valence-electron chi connectivity index (χ0n) is 7.61. The van der Waals surface area contributed by atoms with Crippen molar-refractivity contribution < 1.29 is 8.78 Å². The maximum Gasteiger partial charge on any atom is 0.297 e. The third-order valence-corrected chi connectivity index (χ3v) is 1.95. The van der Waals surface area contributed by atoms with Crippen molar-refractivity contribution in [3.05, 3.63) is 30.1 Å². The van der Waals surface area contributed by atoms with Gasteiger partial charge in [0.15, 0.2) is 11.6 Å². The lowest BCUT2D eigenvalue weighted by molar-refractivity contribution is 0.141. The number of para-hydroxylation sites is 1. The standard InChI is InChI=1S/C9H8F2N4/c10-7(11)9-13-6-4-2-1-3-5(6)8(14-9)15-12/h1-4,7H,12H2,(H,13,14,15). The molecule has 1 heterocycles. The minimum absolute atomic E-state index is 0.205. The van der Waals surface area contributed by atoms with Gasteiger partial charge < -0.3 is 5.43 Å². The normalized spacial score (nSPS) is 10.9. The van der Waals surface area contributed by atoms with E-state index in [1.807, 2.05) is 0 Å². The predicted octanol–water partition coefficient (Wildman–Crippen LogP) is 1.85. The Labute approximate surface area is 84.1 Å². The van der Waals surface area contributed by atoms with Gasteiger partial charge in [0.05, 0.1) is 5.52 Å². The number of nitrogens with one attached hydrogen (secondary N) is 1. The number of benzene rings is 1. The van der Waals surface area contributed by atoms with Crippen LogP contribution in [0.1, 0.15) is 12.2 Å². The Morgan fingerprint density at radius 1 is 1.20 bits per heavy atom. The van der Waals surface area contributed by atoms with E-state index in [0.717, 1.165) is 0 Å². The lowest BCUT2D eigenvalue weighted by Crippen LogP contribution is -2.11. The SMILES string of the molecule is NNc1nc(C(F)F)nc2ccccc12. The van der Waals surface area contributed by atoms with Crippen LogP contribution in [0.2, 0.25) is 0 Å². The first-order valence-electron chi connectivity index (χ1n) is 4.24. The highest BCUT2D eigenvalue weighted by Gasteiger charge is 2.14. The topological polar surface area (TPSA) is 63.8 Å². The third kappa shape index (κ3) is 1.71. The Morgan fingerprint density at radius 2 is 1.93 bits per heavy atom. The van der Waals surface area contributed by atoms with Gasteiger partial charge in [-0.2, -0.15) is 0 Å². The first-order valence-corrected chi connectivity index (χ1v) is 4.24. The third-order valence-electron chi connectivity index (χ3n) is 1.95. The van der Waals surface area contributed by atoms with Gasteiger partial charge in [-0.15, -0.1) is 0 Å². The monoisotopic (exact) mass is 210 g/mol. The van der Waals surface area contributed by atoms with Crippen LogP contribution in [0.3, 0.4) is 0 Å². The van der Waals surface area contributed by atoms with Crippen molar-refractivity contribution in [2.75, 3.05) is 5.43 Å². The molecule has 0 amide bonds. The molecule has 2 rings (SSSR count). The summed E-state index contributed by atoms with van der Waals surface area (Å²) in [5, 5.41) is 0.615. The Kier molecular flexibility index (Phi) is 2.42. The van der Waals surface area contributed by atoms with Gasteiger partial charge in [0.25, 0.3) is 6.43 Å². The van der Waals surface area contributed by atoms with E-state index in [1.54, 1.807) is 24.3 Å². The van der Waals surface area contributed by atoms with Crippen LogP contribution in [0.15, 0.2) is 24.3 Å². The Morgan fingerprint density at radius 3 is 2.60 bits per heavy atom. The zero-order valence-corrected chi connectivity index (χ0v) is 7.61. The van der Waals surface area contributed by atoms with Gasteiger partial charge in [0, 0.05) is 5.39 Å². The second-order valence-corrected chi connectivity index (χ2v) is 2.89. The van der Waals surface area contributed by atoms with Crippen molar-refractivity contribution in [3.63, 3.8) is 0 Å². The number of rotatable bonds is 2. The summed E-state index contributed by atoms with van der Waals surface area (Å²) < 4.78 is 24.8. The van der Waals surface area contributed by atoms with Crippen LogP contribution in [0.4, 0.5) is 14.6 Å². The van der Waals surface area contributed by atoms with E-state index in [-0.39, 0.29) is 5.82 Å². The maximum atomic E-state index is 12.4. The van der Waals surface area contributed by atoms with Crippen LogP contribution < -0.4 is 11.3 Å². The number of nitrogens with two attached hydrogens (primary N) is 1. The summed E-state index contributed by atoms with van der Waals surface area (Å²) in [6.07, 6.45) is -2.71. The minimum atomic E-state index is -2.71. The smallest absolute Gasteiger partial charge is 0.297 e. The van der Waals surface area contributed by atoms with E-state index in [2.05, 4.69) is 15.4 Å². The Bertz CT molecular complexity index is 486. The molecule has 0 atom stereocenters. The molecule has 0 bridgehead atoms. The molecule has 0 radical (unpaired) electrons. The summed E-state index contributed by atoms with van der Waals surface area (Å²) in [4.78, 5) is 7.35. The second-order valence-electron chi connectivity index (χ2n) is 2.89. The minimum Gasteiger partial charge on any atom is -0.308 e. The number of hydrogen-bond donors (Lipinski definition) is 2. The van der Waals surface area contributed by atoms with Crippen LogP contribution in [-0.2, 0) is 0 Å². The average Bonchev–Trinajstić information content (AvgIpc) is 2.27. The van der Waals surface area contributed by atoms with Crippen molar-refractivity contribution in [3.8, 4) is 0 Å². The van der Waals surface area contributed by atoms with Gasteiger partial charge >= 0.3 is 0 Å². The highest BCUT2D eigenvalue weighted by atomic mass is 19.3. The van der Waals surface area contributed by atoms with E-state index >= 15 is 0 Å². The number of aromatic nitrogens is 2. The van der Waals surface area contributed by atoms with Gasteiger partial charge in [-0.3, -0.25) is 0 Å². The molecule has 1 aromatic carbocycles. The van der Waals surface area contributed by atoms with E-state index in [4.69, 9.17) is 5.84 Å². The fourth-order valence-electron chi connectivity index (χ4n) is 1.30. The predicted molar refractivity (Wildman–Crippen MR) is 52.3 cm³/mol. The molecule has 0 aliphatic carbocycles. The molecule has 4 nitrogen and oxygen atoms in total. The van der Waals surface area contributed by atoms with Crippen LogP contribution in [0.5, 0.6) is 0 Å². The van der Waals surface area contributed by atoms with Gasteiger partial charge in [-0.05, 0) is 12.1 Å². The first kappa shape index (κ1) is 9.72. The molecule has 2 aromatic rings. The highest BCUT2D eigenvalue weighted by molar-refractivity contribution is 5.88. The summed E-state index contributed by atoms with van der Waals surface area (Å²) >= 11 is 0. The molecular formula is C9H8F2N4. The van der Waals surface area contributed by atoms with Crippen LogP contribution in [0, 0.1) is 0 Å². The largest absolute Gasteiger partial charge is 0.308 e. The molecule has 0 fully saturated rings. The summed E-state index contributed by atoms with van der Waals surface area (Å²) in [5.41, 5.74) is 2.72. The Balaban J connectivity index is 2.71. The van der Waals surface area contributed by atoms with Crippen molar-refractivity contribution in [1.29, 1.82) is 0 Å². The van der Waals surface area contributed by atoms with Gasteiger partial charge in [0.2, 0.25) is 0 Å². The fraction of sp³-hybridized carbons (Fsp3) is 0.111. The van der Waals surface area contributed by atoms with Gasteiger partial charge in [-0.1, -0.05) is 12.1 Å². The molecule has 0 spiro atoms. The molecule has 0 saturated heterocycles. The number of anilines is 1. The summed E-state index contributed by atoms with van der Waals surface area (Å²) in [6, 6.07) is 6.81. The number of hydrogen-bond acceptors (Lipinski definition) is 4. The fourth-order valence-corrected chi connectivity index (χ4v) is 1.30. The lowest BCUT2D eigenvalue weighted by Gasteiger charge is -2.06. The van der Waals surface area contributed by atoms with E-state index in [9.17, 15) is 8.78 Å². The number of alkyl halides is 2. The summed E-state index contributed by atoms with van der Waals surface area (Å²) in [6.45, 7) is 0. The van der Waals surface area contributed by atoms with E-state index in [1.165, 1.54) is 0 Å². The molecule has 0 aliphatic heterocycles. The van der Waals surface area contributed by atoms with Gasteiger partial charge in [-0.25, -0.2) is 24.6 Å². The molecule has 0 saturated carbocycles. The van der Waals surface area contributed by atoms with Crippen LogP contribution in [0.25, 0.3) is 10.9 Å². The molecule has 0 unspecified atom stereocenters. The summed E-state index contributed by atoms with van der Waals surface area (Å²) in [5.74, 6) is 4.88. The zero-order chi connectivity index (χ0) is 10.8. The van der Waals surface area contributed by atoms with Crippen molar-refractivity contribution >= 4 is 16.7 Å². The molecule has 15 heavy (non-hydrogen) atoms. The molecule has 78 valence electrons. The number of fused-ring (bicyclic) bond motifs is 1. The van der Waals surface area contributed by atoms with E-state index in [0.29, 0.717) is 10.9 Å². The number of hydrazine groups is 1. The molecule has 0 aliphatic rings. The average molecular weight is 210 g/mol. The van der Waals surface area contributed by atoms with Crippen LogP contribution >= 0.6 is 0 Å². The number of nitrogens with zero attached hydrogens (tertiary/aromatic N) is 2. The lowest BCUT2D eigenvalue weighted by atomic mass is 10.2. The quantitative estimate of drug-likeness (QED) is 0.586. The molecule has 6 heteroatoms. The first-order chi connectivity index (χ1) is 7.22. The second kappa shape index (κ2) is 3.74. The molecule has 3 N–H and O–H groups in total. The summed E-state index contributed by atoms with van der Waals surface area (Å²) in [7, 11) is 0. The maximum absolute atomic E-state index is 12.4. The highest BCUT2D eigenvalue weighted by Crippen LogP contribution is 2.23. The van der Waals surface area contributed by atoms with Crippen molar-refractivity contribution in [1.82, 2.24) is 9.97 Å². The van der Waals surface area contributed by atoms with Crippen molar-refractivity contribution in [2.45, 2.75) is 6.43 Å². The number of nitrogen functional groups attached to an aromatic ring is 1. The molecular weight excluding hydrogens is 202 g/mol. The molecule has 1 aromatic heterocycles. The van der Waals surface area contributed by atoms with E-state index < -0.39 is 12.2 Å². The van der Waals surface area contributed by atoms with Crippen LogP contribution in [-0.4, -0.2) is 9.97 Å². The van der Waals surface area contributed by atoms with Gasteiger partial charge in [0.1, 0.15) is 0 Å². The Hall–Kier alpha value is -1.82.